The first-order chi connectivity index (χ1) is 12.3. The van der Waals surface area contributed by atoms with E-state index >= 15 is 0 Å². The smallest absolute Gasteiger partial charge is 0.383 e. The second-order valence-electron chi connectivity index (χ2n) is 5.60. The van der Waals surface area contributed by atoms with Crippen molar-refractivity contribution in [2.24, 2.45) is 0 Å². The van der Waals surface area contributed by atoms with E-state index in [0.717, 1.165) is 12.1 Å². The number of amides is 1. The number of ether oxygens (including phenoxy) is 1. The Hall–Kier alpha value is -2.10. The molecule has 10 heteroatoms. The molecule has 6 nitrogen and oxygen atoms in total. The van der Waals surface area contributed by atoms with Gasteiger partial charge in [0.2, 0.25) is 0 Å². The van der Waals surface area contributed by atoms with Crippen molar-refractivity contribution in [1.29, 1.82) is 0 Å². The average molecular weight is 407 g/mol. The lowest BCUT2D eigenvalue weighted by molar-refractivity contribution is -0.137. The molecule has 150 valence electrons. The normalized spacial score (nSPS) is 11.1. The van der Waals surface area contributed by atoms with Crippen LogP contribution in [0.2, 0.25) is 0 Å². The second kappa shape index (κ2) is 10.3. The van der Waals surface area contributed by atoms with Crippen LogP contribution in [-0.4, -0.2) is 49.0 Å². The second-order valence-corrected chi connectivity index (χ2v) is 5.60. The van der Waals surface area contributed by atoms with Gasteiger partial charge in [0.25, 0.3) is 5.91 Å². The van der Waals surface area contributed by atoms with Gasteiger partial charge in [0, 0.05) is 26.7 Å². The van der Waals surface area contributed by atoms with Crippen molar-refractivity contribution in [2.75, 3.05) is 33.4 Å². The van der Waals surface area contributed by atoms with Crippen LogP contribution in [0.4, 0.5) is 13.2 Å². The largest absolute Gasteiger partial charge is 0.416 e. The molecule has 0 aliphatic carbocycles. The van der Waals surface area contributed by atoms with Gasteiger partial charge in [-0.25, -0.2) is 4.68 Å². The van der Waals surface area contributed by atoms with Crippen LogP contribution in [0.25, 0.3) is 5.69 Å². The van der Waals surface area contributed by atoms with Gasteiger partial charge >= 0.3 is 6.18 Å². The molecular weight excluding hydrogens is 385 g/mol. The van der Waals surface area contributed by atoms with Gasteiger partial charge in [-0.05, 0) is 25.1 Å². The molecule has 0 unspecified atom stereocenters. The molecule has 1 heterocycles. The first-order valence-corrected chi connectivity index (χ1v) is 8.04. The van der Waals surface area contributed by atoms with Crippen LogP contribution in [0.1, 0.15) is 21.6 Å². The van der Waals surface area contributed by atoms with Gasteiger partial charge in [0.1, 0.15) is 0 Å². The maximum atomic E-state index is 12.9. The number of nitrogens with zero attached hydrogens (tertiary/aromatic N) is 2. The molecule has 0 aliphatic heterocycles. The van der Waals surface area contributed by atoms with Crippen molar-refractivity contribution in [3.63, 3.8) is 0 Å². The molecule has 0 saturated heterocycles. The van der Waals surface area contributed by atoms with Gasteiger partial charge in [0.05, 0.1) is 35.3 Å². The highest BCUT2D eigenvalue weighted by Gasteiger charge is 2.30. The number of rotatable bonds is 8. The molecule has 0 saturated carbocycles. The summed E-state index contributed by atoms with van der Waals surface area (Å²) >= 11 is 0. The van der Waals surface area contributed by atoms with Crippen molar-refractivity contribution in [3.8, 4) is 5.69 Å². The summed E-state index contributed by atoms with van der Waals surface area (Å²) < 4.78 is 44.8. The van der Waals surface area contributed by atoms with Gasteiger partial charge in [-0.3, -0.25) is 4.79 Å². The zero-order valence-corrected chi connectivity index (χ0v) is 15.8. The summed E-state index contributed by atoms with van der Waals surface area (Å²) in [5.41, 5.74) is 0.268. The Morgan fingerprint density at radius 1 is 1.26 bits per heavy atom. The van der Waals surface area contributed by atoms with Crippen molar-refractivity contribution in [3.05, 3.63) is 47.3 Å². The Kier molecular flexibility index (Phi) is 8.74. The van der Waals surface area contributed by atoms with Crippen molar-refractivity contribution in [2.45, 2.75) is 13.1 Å². The summed E-state index contributed by atoms with van der Waals surface area (Å²) in [7, 11) is 1.61. The number of hydrogen-bond donors (Lipinski definition) is 2. The topological polar surface area (TPSA) is 68.2 Å². The van der Waals surface area contributed by atoms with E-state index in [2.05, 4.69) is 15.7 Å². The van der Waals surface area contributed by atoms with Crippen molar-refractivity contribution < 1.29 is 22.7 Å². The Balaban J connectivity index is 0.00000364. The van der Waals surface area contributed by atoms with Gasteiger partial charge < -0.3 is 15.4 Å². The number of carbonyl (C=O) groups is 1. The Morgan fingerprint density at radius 3 is 2.67 bits per heavy atom. The van der Waals surface area contributed by atoms with Crippen LogP contribution in [0.15, 0.2) is 30.5 Å². The summed E-state index contributed by atoms with van der Waals surface area (Å²) in [5.74, 6) is -0.325. The van der Waals surface area contributed by atoms with Gasteiger partial charge in [-0.2, -0.15) is 18.3 Å². The molecule has 0 spiro atoms. The minimum absolute atomic E-state index is 0. The summed E-state index contributed by atoms with van der Waals surface area (Å²) in [6.07, 6.45) is -3.09. The first-order valence-electron chi connectivity index (χ1n) is 8.04. The minimum atomic E-state index is -4.44. The van der Waals surface area contributed by atoms with E-state index < -0.39 is 11.7 Å². The summed E-state index contributed by atoms with van der Waals surface area (Å²) in [6, 6.07) is 4.81. The first kappa shape index (κ1) is 22.9. The maximum Gasteiger partial charge on any atom is 0.416 e. The van der Waals surface area contributed by atoms with Crippen LogP contribution in [-0.2, 0) is 10.9 Å². The fourth-order valence-corrected chi connectivity index (χ4v) is 2.37. The fraction of sp³-hybridized carbons (Fsp3) is 0.412. The molecule has 1 amide bonds. The molecular formula is C17H22ClF3N4O2. The molecule has 0 aliphatic rings. The molecule has 27 heavy (non-hydrogen) atoms. The monoisotopic (exact) mass is 406 g/mol. The van der Waals surface area contributed by atoms with Gasteiger partial charge in [0.15, 0.2) is 0 Å². The van der Waals surface area contributed by atoms with Crippen LogP contribution >= 0.6 is 12.4 Å². The molecule has 2 rings (SSSR count). The zero-order chi connectivity index (χ0) is 19.2. The number of hydrogen-bond acceptors (Lipinski definition) is 4. The Morgan fingerprint density at radius 2 is 2.00 bits per heavy atom. The number of benzene rings is 1. The van der Waals surface area contributed by atoms with E-state index in [1.165, 1.54) is 23.0 Å². The molecule has 2 aromatic rings. The van der Waals surface area contributed by atoms with Crippen molar-refractivity contribution >= 4 is 18.3 Å². The van der Waals surface area contributed by atoms with Gasteiger partial charge in [-0.15, -0.1) is 12.4 Å². The number of halogens is 4. The van der Waals surface area contributed by atoms with Crippen LogP contribution in [0.3, 0.4) is 0 Å². The number of carbonyl (C=O) groups excluding carboxylic acids is 1. The maximum absolute atomic E-state index is 12.9. The van der Waals surface area contributed by atoms with E-state index in [0.29, 0.717) is 37.5 Å². The van der Waals surface area contributed by atoms with E-state index in [4.69, 9.17) is 4.74 Å². The molecule has 2 N–H and O–H groups in total. The SMILES string of the molecule is COCCNCCNC(=O)c1cnn(-c2cccc(C(F)(F)F)c2)c1C.Cl. The fourth-order valence-electron chi connectivity index (χ4n) is 2.37. The number of aromatic nitrogens is 2. The third-order valence-corrected chi connectivity index (χ3v) is 3.74. The predicted molar refractivity (Wildman–Crippen MR) is 97.6 cm³/mol. The molecule has 1 aromatic carbocycles. The third-order valence-electron chi connectivity index (χ3n) is 3.74. The lowest BCUT2D eigenvalue weighted by atomic mass is 10.2. The lowest BCUT2D eigenvalue weighted by Gasteiger charge is -2.10. The van der Waals surface area contributed by atoms with E-state index in [-0.39, 0.29) is 24.0 Å². The number of nitrogens with one attached hydrogen (secondary N) is 2. The van der Waals surface area contributed by atoms with Crippen LogP contribution in [0, 0.1) is 6.92 Å². The quantitative estimate of drug-likeness (QED) is 0.661. The Labute approximate surface area is 161 Å². The third kappa shape index (κ3) is 6.23. The van der Waals surface area contributed by atoms with Crippen LogP contribution < -0.4 is 10.6 Å². The summed E-state index contributed by atoms with van der Waals surface area (Å²) in [4.78, 5) is 12.2. The predicted octanol–water partition coefficient (Wildman–Crippen LogP) is 2.59. The van der Waals surface area contributed by atoms with E-state index in [1.54, 1.807) is 14.0 Å². The average Bonchev–Trinajstić information content (AvgIpc) is 2.99. The summed E-state index contributed by atoms with van der Waals surface area (Å²) in [5, 5.41) is 9.89. The standard InChI is InChI=1S/C17H21F3N4O2.ClH/c1-12-15(16(25)22-7-6-21-8-9-26-2)11-23-24(12)14-5-3-4-13(10-14)17(18,19)20;/h3-5,10-11,21H,6-9H2,1-2H3,(H,22,25);1H. The van der Waals surface area contributed by atoms with Crippen LogP contribution in [0.5, 0.6) is 0 Å². The molecule has 0 atom stereocenters. The lowest BCUT2D eigenvalue weighted by Crippen LogP contribution is -2.33. The molecule has 0 fully saturated rings. The minimum Gasteiger partial charge on any atom is -0.383 e. The number of alkyl halides is 3. The highest BCUT2D eigenvalue weighted by Crippen LogP contribution is 2.30. The van der Waals surface area contributed by atoms with Crippen molar-refractivity contribution in [1.82, 2.24) is 20.4 Å². The highest BCUT2D eigenvalue weighted by molar-refractivity contribution is 5.95. The molecule has 0 radical (unpaired) electrons. The van der Waals surface area contributed by atoms with Gasteiger partial charge in [-0.1, -0.05) is 6.07 Å². The highest BCUT2D eigenvalue weighted by atomic mass is 35.5. The summed E-state index contributed by atoms with van der Waals surface area (Å²) in [6.45, 7) is 3.89. The van der Waals surface area contributed by atoms with E-state index in [9.17, 15) is 18.0 Å². The van der Waals surface area contributed by atoms with E-state index in [1.807, 2.05) is 0 Å². The molecule has 1 aromatic heterocycles. The zero-order valence-electron chi connectivity index (χ0n) is 15.0. The number of methoxy groups -OCH3 is 1. The Bertz CT molecular complexity index is 750. The molecule has 0 bridgehead atoms.